The van der Waals surface area contributed by atoms with Gasteiger partial charge in [-0.2, -0.15) is 0 Å². The van der Waals surface area contributed by atoms with Gasteiger partial charge in [0.25, 0.3) is 5.56 Å². The molecule has 0 unspecified atom stereocenters. The SMILES string of the molecule is COc1ccc(Cn2c(=O)[nH]c(=O)c3[nH]cnc32)c(OC)c1. The van der Waals surface area contributed by atoms with Crippen LogP contribution in [0.1, 0.15) is 5.56 Å². The molecular formula is C14H14N4O4. The van der Waals surface area contributed by atoms with Gasteiger partial charge in [0, 0.05) is 11.6 Å². The molecule has 8 heteroatoms. The van der Waals surface area contributed by atoms with Crippen LogP contribution in [0.2, 0.25) is 0 Å². The van der Waals surface area contributed by atoms with Gasteiger partial charge in [-0.25, -0.2) is 9.78 Å². The maximum Gasteiger partial charge on any atom is 0.330 e. The van der Waals surface area contributed by atoms with E-state index in [0.29, 0.717) is 17.1 Å². The number of aromatic nitrogens is 4. The zero-order valence-electron chi connectivity index (χ0n) is 12.0. The molecule has 0 aliphatic heterocycles. The summed E-state index contributed by atoms with van der Waals surface area (Å²) in [6, 6.07) is 5.30. The van der Waals surface area contributed by atoms with Gasteiger partial charge in [0.1, 0.15) is 17.0 Å². The first kappa shape index (κ1) is 13.9. The maximum atomic E-state index is 12.1. The average molecular weight is 302 g/mol. The van der Waals surface area contributed by atoms with Gasteiger partial charge in [-0.3, -0.25) is 14.3 Å². The number of hydrogen-bond acceptors (Lipinski definition) is 5. The molecule has 0 radical (unpaired) electrons. The molecule has 0 saturated heterocycles. The van der Waals surface area contributed by atoms with E-state index in [4.69, 9.17) is 9.47 Å². The fraction of sp³-hybridized carbons (Fsp3) is 0.214. The number of nitrogens with one attached hydrogen (secondary N) is 2. The van der Waals surface area contributed by atoms with Crippen molar-refractivity contribution in [2.75, 3.05) is 14.2 Å². The molecule has 1 aromatic carbocycles. The predicted octanol–water partition coefficient (Wildman–Crippen LogP) is 0.478. The van der Waals surface area contributed by atoms with Crippen LogP contribution in [0.5, 0.6) is 11.5 Å². The Bertz CT molecular complexity index is 938. The summed E-state index contributed by atoms with van der Waals surface area (Å²) in [7, 11) is 3.10. The Morgan fingerprint density at radius 2 is 2.05 bits per heavy atom. The van der Waals surface area contributed by atoms with Crippen molar-refractivity contribution in [3.05, 3.63) is 50.9 Å². The van der Waals surface area contributed by atoms with Gasteiger partial charge in [0.15, 0.2) is 5.65 Å². The fourth-order valence-corrected chi connectivity index (χ4v) is 2.28. The van der Waals surface area contributed by atoms with Crippen molar-refractivity contribution in [1.29, 1.82) is 0 Å². The Hall–Kier alpha value is -3.03. The zero-order valence-corrected chi connectivity index (χ0v) is 12.0. The first-order valence-corrected chi connectivity index (χ1v) is 6.51. The summed E-state index contributed by atoms with van der Waals surface area (Å²) >= 11 is 0. The minimum absolute atomic E-state index is 0.212. The van der Waals surface area contributed by atoms with E-state index in [1.165, 1.54) is 18.0 Å². The molecule has 114 valence electrons. The van der Waals surface area contributed by atoms with Crippen molar-refractivity contribution in [2.24, 2.45) is 0 Å². The van der Waals surface area contributed by atoms with E-state index in [1.807, 2.05) is 0 Å². The minimum Gasteiger partial charge on any atom is -0.497 e. The van der Waals surface area contributed by atoms with Crippen molar-refractivity contribution in [1.82, 2.24) is 19.5 Å². The second-order valence-corrected chi connectivity index (χ2v) is 4.62. The molecule has 3 rings (SSSR count). The number of benzene rings is 1. The fourth-order valence-electron chi connectivity index (χ4n) is 2.28. The highest BCUT2D eigenvalue weighted by Gasteiger charge is 2.12. The van der Waals surface area contributed by atoms with Crippen molar-refractivity contribution < 1.29 is 9.47 Å². The highest BCUT2D eigenvalue weighted by atomic mass is 16.5. The van der Waals surface area contributed by atoms with E-state index in [0.717, 1.165) is 5.56 Å². The summed E-state index contributed by atoms with van der Waals surface area (Å²) in [6.45, 7) is 0.212. The van der Waals surface area contributed by atoms with Crippen molar-refractivity contribution in [2.45, 2.75) is 6.54 Å². The number of H-pyrrole nitrogens is 2. The normalized spacial score (nSPS) is 10.8. The van der Waals surface area contributed by atoms with Crippen molar-refractivity contribution in [3.8, 4) is 11.5 Å². The molecule has 0 bridgehead atoms. The topological polar surface area (TPSA) is 102 Å². The molecule has 0 aliphatic rings. The monoisotopic (exact) mass is 302 g/mol. The van der Waals surface area contributed by atoms with Crippen LogP contribution in [0.4, 0.5) is 0 Å². The summed E-state index contributed by atoms with van der Waals surface area (Å²) in [4.78, 5) is 32.8. The van der Waals surface area contributed by atoms with E-state index in [2.05, 4.69) is 15.0 Å². The standard InChI is InChI=1S/C14H14N4O4/c1-21-9-4-3-8(10(5-9)22-2)6-18-12-11(15-7-16-12)13(19)17-14(18)20/h3-5,7H,6H2,1-2H3,(H,15,16)(H,17,19,20). The smallest absolute Gasteiger partial charge is 0.330 e. The van der Waals surface area contributed by atoms with Crippen LogP contribution in [-0.4, -0.2) is 33.7 Å². The molecule has 8 nitrogen and oxygen atoms in total. The molecule has 0 spiro atoms. The third-order valence-corrected chi connectivity index (χ3v) is 3.39. The van der Waals surface area contributed by atoms with E-state index >= 15 is 0 Å². The summed E-state index contributed by atoms with van der Waals surface area (Å²) in [5.74, 6) is 1.24. The highest BCUT2D eigenvalue weighted by molar-refractivity contribution is 5.68. The number of nitrogens with zero attached hydrogens (tertiary/aromatic N) is 2. The minimum atomic E-state index is -0.525. The third kappa shape index (κ3) is 2.24. The van der Waals surface area contributed by atoms with Crippen molar-refractivity contribution >= 4 is 11.2 Å². The van der Waals surface area contributed by atoms with Gasteiger partial charge in [0.05, 0.1) is 27.1 Å². The summed E-state index contributed by atoms with van der Waals surface area (Å²) < 4.78 is 11.8. The van der Waals surface area contributed by atoms with Crippen LogP contribution in [0.3, 0.4) is 0 Å². The number of imidazole rings is 1. The van der Waals surface area contributed by atoms with E-state index in [1.54, 1.807) is 25.3 Å². The lowest BCUT2D eigenvalue weighted by atomic mass is 10.2. The molecule has 0 aliphatic carbocycles. The van der Waals surface area contributed by atoms with Gasteiger partial charge in [0.2, 0.25) is 0 Å². The van der Waals surface area contributed by atoms with Crippen LogP contribution in [-0.2, 0) is 6.54 Å². The molecule has 0 amide bonds. The lowest BCUT2D eigenvalue weighted by Crippen LogP contribution is -2.30. The molecule has 0 saturated carbocycles. The summed E-state index contributed by atoms with van der Waals surface area (Å²) in [6.07, 6.45) is 1.38. The molecule has 2 aromatic heterocycles. The van der Waals surface area contributed by atoms with Gasteiger partial charge >= 0.3 is 5.69 Å². The van der Waals surface area contributed by atoms with Gasteiger partial charge in [-0.1, -0.05) is 0 Å². The molecule has 2 heterocycles. The zero-order chi connectivity index (χ0) is 15.7. The van der Waals surface area contributed by atoms with E-state index in [9.17, 15) is 9.59 Å². The number of hydrogen-bond donors (Lipinski definition) is 2. The summed E-state index contributed by atoms with van der Waals surface area (Å²) in [5.41, 5.74) is 0.304. The Morgan fingerprint density at radius 1 is 1.23 bits per heavy atom. The molecule has 22 heavy (non-hydrogen) atoms. The maximum absolute atomic E-state index is 12.1. The predicted molar refractivity (Wildman–Crippen MR) is 79.6 cm³/mol. The van der Waals surface area contributed by atoms with Crippen LogP contribution in [0.25, 0.3) is 11.2 Å². The molecular weight excluding hydrogens is 288 g/mol. The average Bonchev–Trinajstić information content (AvgIpc) is 3.01. The third-order valence-electron chi connectivity index (χ3n) is 3.39. The van der Waals surface area contributed by atoms with Crippen LogP contribution < -0.4 is 20.7 Å². The van der Waals surface area contributed by atoms with Crippen LogP contribution in [0.15, 0.2) is 34.1 Å². The first-order chi connectivity index (χ1) is 10.6. The number of fused-ring (bicyclic) bond motifs is 1. The largest absolute Gasteiger partial charge is 0.497 e. The molecule has 3 aromatic rings. The lowest BCUT2D eigenvalue weighted by Gasteiger charge is -2.12. The van der Waals surface area contributed by atoms with E-state index in [-0.39, 0.29) is 12.1 Å². The molecule has 2 N–H and O–H groups in total. The Balaban J connectivity index is 2.13. The van der Waals surface area contributed by atoms with E-state index < -0.39 is 11.2 Å². The number of methoxy groups -OCH3 is 2. The van der Waals surface area contributed by atoms with Crippen molar-refractivity contribution in [3.63, 3.8) is 0 Å². The van der Waals surface area contributed by atoms with Crippen LogP contribution in [0, 0.1) is 0 Å². The quantitative estimate of drug-likeness (QED) is 0.729. The Morgan fingerprint density at radius 3 is 2.77 bits per heavy atom. The molecule has 0 atom stereocenters. The number of rotatable bonds is 4. The second kappa shape index (κ2) is 5.40. The highest BCUT2D eigenvalue weighted by Crippen LogP contribution is 2.25. The lowest BCUT2D eigenvalue weighted by molar-refractivity contribution is 0.390. The van der Waals surface area contributed by atoms with Gasteiger partial charge in [-0.15, -0.1) is 0 Å². The molecule has 0 fully saturated rings. The number of ether oxygens (including phenoxy) is 2. The van der Waals surface area contributed by atoms with Gasteiger partial charge in [-0.05, 0) is 12.1 Å². The first-order valence-electron chi connectivity index (χ1n) is 6.51. The Labute approximate surface area is 124 Å². The van der Waals surface area contributed by atoms with Gasteiger partial charge < -0.3 is 14.5 Å². The van der Waals surface area contributed by atoms with Crippen LogP contribution >= 0.6 is 0 Å². The second-order valence-electron chi connectivity index (χ2n) is 4.62. The number of aromatic amines is 2. The summed E-state index contributed by atoms with van der Waals surface area (Å²) in [5, 5.41) is 0. The Kier molecular flexibility index (Phi) is 3.42.